The Bertz CT molecular complexity index is 1040. The molecule has 0 unspecified atom stereocenters. The van der Waals surface area contributed by atoms with Crippen molar-refractivity contribution in [1.29, 1.82) is 5.41 Å². The van der Waals surface area contributed by atoms with Crippen molar-refractivity contribution in [2.75, 3.05) is 29.4 Å². The van der Waals surface area contributed by atoms with Crippen LogP contribution in [-0.4, -0.2) is 35.6 Å². The molecule has 2 heterocycles. The molecule has 6 heteroatoms. The van der Waals surface area contributed by atoms with Crippen LogP contribution in [0.25, 0.3) is 16.8 Å². The maximum atomic E-state index is 10.6. The van der Waals surface area contributed by atoms with Crippen LogP contribution >= 0.6 is 11.3 Å². The van der Waals surface area contributed by atoms with E-state index in [9.17, 15) is 5.11 Å². The van der Waals surface area contributed by atoms with Crippen LogP contribution in [0, 0.1) is 5.41 Å². The highest BCUT2D eigenvalue weighted by Crippen LogP contribution is 2.34. The number of aromatic nitrogens is 1. The van der Waals surface area contributed by atoms with E-state index in [0.717, 1.165) is 35.7 Å². The van der Waals surface area contributed by atoms with Crippen molar-refractivity contribution in [2.45, 2.75) is 13.8 Å². The van der Waals surface area contributed by atoms with Crippen LogP contribution in [0.1, 0.15) is 18.9 Å². The molecule has 0 radical (unpaired) electrons. The van der Waals surface area contributed by atoms with Crippen molar-refractivity contribution in [1.82, 2.24) is 4.98 Å². The fourth-order valence-electron chi connectivity index (χ4n) is 3.59. The van der Waals surface area contributed by atoms with Crippen LogP contribution in [0.5, 0.6) is 0 Å². The first-order valence-electron chi connectivity index (χ1n) is 9.77. The summed E-state index contributed by atoms with van der Waals surface area (Å²) in [4.78, 5) is 8.78. The molecule has 1 aliphatic rings. The molecule has 0 bridgehead atoms. The lowest BCUT2D eigenvalue weighted by molar-refractivity contribution is 0.411. The number of amidine groups is 1. The first kappa shape index (κ1) is 19.2. The van der Waals surface area contributed by atoms with E-state index in [1.807, 2.05) is 52.7 Å². The number of benzene rings is 2. The Balaban J connectivity index is 1.57. The van der Waals surface area contributed by atoms with Gasteiger partial charge in [0.2, 0.25) is 0 Å². The third-order valence-corrected chi connectivity index (χ3v) is 6.04. The van der Waals surface area contributed by atoms with E-state index in [0.29, 0.717) is 17.1 Å². The molecule has 0 aliphatic carbocycles. The fraction of sp³-hybridized carbons (Fsp3) is 0.217. The Hall–Kier alpha value is -3.12. The SMILES string of the molecule is CCN(CC)c1ccc(N2CC(O)=C(c3nc(-c4ccccc4)cs3)C2=N)cc1. The maximum absolute atomic E-state index is 10.6. The van der Waals surface area contributed by atoms with Crippen LogP contribution in [0.4, 0.5) is 11.4 Å². The lowest BCUT2D eigenvalue weighted by Crippen LogP contribution is -2.26. The largest absolute Gasteiger partial charge is 0.510 e. The molecular formula is C23H24N4OS. The van der Waals surface area contributed by atoms with E-state index in [2.05, 4.69) is 35.9 Å². The van der Waals surface area contributed by atoms with Gasteiger partial charge in [0, 0.05) is 35.4 Å². The van der Waals surface area contributed by atoms with Crippen LogP contribution in [0.15, 0.2) is 65.7 Å². The Labute approximate surface area is 175 Å². The summed E-state index contributed by atoms with van der Waals surface area (Å²) in [6.07, 6.45) is 0. The first-order chi connectivity index (χ1) is 14.1. The number of hydrogen-bond acceptors (Lipinski definition) is 5. The van der Waals surface area contributed by atoms with Crippen molar-refractivity contribution in [3.8, 4) is 11.3 Å². The molecule has 0 amide bonds. The molecule has 4 rings (SSSR count). The normalized spacial score (nSPS) is 14.0. The van der Waals surface area contributed by atoms with Crippen LogP contribution in [0.3, 0.4) is 0 Å². The second-order valence-corrected chi connectivity index (χ2v) is 7.71. The standard InChI is InChI=1S/C23H24N4OS/c1-3-26(4-2)17-10-12-18(13-11-17)27-14-20(28)21(22(27)24)23-25-19(15-29-23)16-8-6-5-7-9-16/h5-13,15,24,28H,3-4,14H2,1-2H3. The number of thiazole rings is 1. The van der Waals surface area contributed by atoms with Crippen molar-refractivity contribution in [3.05, 3.63) is 70.7 Å². The van der Waals surface area contributed by atoms with Gasteiger partial charge in [0.15, 0.2) is 0 Å². The zero-order valence-electron chi connectivity index (χ0n) is 16.6. The Morgan fingerprint density at radius 2 is 1.76 bits per heavy atom. The number of anilines is 2. The van der Waals surface area contributed by atoms with Gasteiger partial charge >= 0.3 is 0 Å². The molecule has 3 aromatic rings. The highest BCUT2D eigenvalue weighted by atomic mass is 32.1. The second kappa shape index (κ2) is 8.09. The van der Waals surface area contributed by atoms with E-state index in [1.54, 1.807) is 0 Å². The number of nitrogens with zero attached hydrogens (tertiary/aromatic N) is 3. The summed E-state index contributed by atoms with van der Waals surface area (Å²) >= 11 is 1.46. The predicted molar refractivity (Wildman–Crippen MR) is 122 cm³/mol. The maximum Gasteiger partial charge on any atom is 0.139 e. The lowest BCUT2D eigenvalue weighted by Gasteiger charge is -2.23. The van der Waals surface area contributed by atoms with Crippen molar-refractivity contribution in [3.63, 3.8) is 0 Å². The van der Waals surface area contributed by atoms with Gasteiger partial charge in [-0.1, -0.05) is 30.3 Å². The predicted octanol–water partition coefficient (Wildman–Crippen LogP) is 5.42. The highest BCUT2D eigenvalue weighted by Gasteiger charge is 2.31. The summed E-state index contributed by atoms with van der Waals surface area (Å²) in [6.45, 7) is 6.48. The van der Waals surface area contributed by atoms with Crippen LogP contribution < -0.4 is 9.80 Å². The summed E-state index contributed by atoms with van der Waals surface area (Å²) in [7, 11) is 0. The molecule has 148 valence electrons. The highest BCUT2D eigenvalue weighted by molar-refractivity contribution is 7.11. The van der Waals surface area contributed by atoms with Crippen LogP contribution in [0.2, 0.25) is 0 Å². The molecule has 0 saturated carbocycles. The van der Waals surface area contributed by atoms with Crippen molar-refractivity contribution < 1.29 is 5.11 Å². The minimum atomic E-state index is 0.191. The third kappa shape index (κ3) is 3.63. The Kier molecular flexibility index (Phi) is 5.36. The molecule has 2 aromatic carbocycles. The Morgan fingerprint density at radius 1 is 1.07 bits per heavy atom. The van der Waals surface area contributed by atoms with Gasteiger partial charge < -0.3 is 14.9 Å². The van der Waals surface area contributed by atoms with Crippen molar-refractivity contribution >= 4 is 34.1 Å². The molecule has 1 aromatic heterocycles. The molecule has 5 nitrogen and oxygen atoms in total. The van der Waals surface area contributed by atoms with Gasteiger partial charge in [0.1, 0.15) is 16.6 Å². The molecule has 29 heavy (non-hydrogen) atoms. The monoisotopic (exact) mass is 404 g/mol. The average Bonchev–Trinajstić information content (AvgIpc) is 3.34. The van der Waals surface area contributed by atoms with E-state index in [-0.39, 0.29) is 11.6 Å². The van der Waals surface area contributed by atoms with Crippen molar-refractivity contribution in [2.24, 2.45) is 0 Å². The molecule has 0 saturated heterocycles. The number of aliphatic hydroxyl groups excluding tert-OH is 1. The number of nitrogens with one attached hydrogen (secondary N) is 1. The summed E-state index contributed by atoms with van der Waals surface area (Å²) in [5, 5.41) is 21.9. The van der Waals surface area contributed by atoms with Gasteiger partial charge in [0.05, 0.1) is 17.8 Å². The zero-order valence-corrected chi connectivity index (χ0v) is 17.4. The summed E-state index contributed by atoms with van der Waals surface area (Å²) in [5.41, 5.74) is 4.47. The van der Waals surface area contributed by atoms with E-state index >= 15 is 0 Å². The van der Waals surface area contributed by atoms with Gasteiger partial charge in [-0.3, -0.25) is 5.41 Å². The summed E-state index contributed by atoms with van der Waals surface area (Å²) in [5.74, 6) is 0.476. The molecule has 0 spiro atoms. The number of aliphatic hydroxyl groups is 1. The van der Waals surface area contributed by atoms with Gasteiger partial charge in [0.25, 0.3) is 0 Å². The fourth-order valence-corrected chi connectivity index (χ4v) is 4.48. The molecule has 0 fully saturated rings. The van der Waals surface area contributed by atoms with Gasteiger partial charge in [-0.05, 0) is 38.1 Å². The third-order valence-electron chi connectivity index (χ3n) is 5.18. The van der Waals surface area contributed by atoms with E-state index < -0.39 is 0 Å². The molecule has 2 N–H and O–H groups in total. The first-order valence-corrected chi connectivity index (χ1v) is 10.6. The van der Waals surface area contributed by atoms with Gasteiger partial charge in [-0.25, -0.2) is 4.98 Å². The molecular weight excluding hydrogens is 380 g/mol. The number of hydrogen-bond donors (Lipinski definition) is 2. The molecule has 0 atom stereocenters. The van der Waals surface area contributed by atoms with Crippen LogP contribution in [-0.2, 0) is 0 Å². The minimum Gasteiger partial charge on any atom is -0.510 e. The summed E-state index contributed by atoms with van der Waals surface area (Å²) < 4.78 is 0. The van der Waals surface area contributed by atoms with Gasteiger partial charge in [-0.15, -0.1) is 11.3 Å². The quantitative estimate of drug-likeness (QED) is 0.576. The lowest BCUT2D eigenvalue weighted by atomic mass is 10.2. The minimum absolute atomic E-state index is 0.191. The smallest absolute Gasteiger partial charge is 0.139 e. The topological polar surface area (TPSA) is 63.5 Å². The second-order valence-electron chi connectivity index (χ2n) is 6.85. The zero-order chi connectivity index (χ0) is 20.4. The molecule has 1 aliphatic heterocycles. The number of rotatable bonds is 6. The average molecular weight is 405 g/mol. The van der Waals surface area contributed by atoms with E-state index in [4.69, 9.17) is 5.41 Å². The van der Waals surface area contributed by atoms with E-state index in [1.165, 1.54) is 11.3 Å². The Morgan fingerprint density at radius 3 is 2.41 bits per heavy atom. The summed E-state index contributed by atoms with van der Waals surface area (Å²) in [6, 6.07) is 18.1. The van der Waals surface area contributed by atoms with Gasteiger partial charge in [-0.2, -0.15) is 0 Å².